The Balaban J connectivity index is 0.000000144. The van der Waals surface area contributed by atoms with Crippen molar-refractivity contribution >= 4 is 67.6 Å². The molecule has 0 spiro atoms. The van der Waals surface area contributed by atoms with Crippen LogP contribution in [0.4, 0.5) is 45.8 Å². The summed E-state index contributed by atoms with van der Waals surface area (Å²) in [6.45, 7) is 4.16. The number of hydrogen-bond acceptors (Lipinski definition) is 6. The maximum atomic E-state index is 4.87. The molecule has 1 radical (unpaired) electrons. The van der Waals surface area contributed by atoms with E-state index in [1.807, 2.05) is 103 Å². The predicted molar refractivity (Wildman–Crippen MR) is 204 cm³/mol. The van der Waals surface area contributed by atoms with Crippen LogP contribution in [0.3, 0.4) is 0 Å². The first-order valence-electron chi connectivity index (χ1n) is 16.5. The minimum Gasteiger partial charge on any atom is -0.493 e. The van der Waals surface area contributed by atoms with Crippen LogP contribution in [-0.2, 0) is 20.1 Å². The van der Waals surface area contributed by atoms with Crippen molar-refractivity contribution in [2.75, 3.05) is 19.6 Å². The third-order valence-corrected chi connectivity index (χ3v) is 8.79. The monoisotopic (exact) mass is 835 g/mol. The van der Waals surface area contributed by atoms with Crippen LogP contribution in [0.5, 0.6) is 0 Å². The number of nitrogens with zero attached hydrogens (tertiary/aromatic N) is 6. The molecule has 0 amide bonds. The van der Waals surface area contributed by atoms with E-state index in [4.69, 9.17) is 9.97 Å². The molecule has 2 aliphatic heterocycles. The van der Waals surface area contributed by atoms with Gasteiger partial charge in [0.05, 0.1) is 11.0 Å². The van der Waals surface area contributed by atoms with Crippen molar-refractivity contribution in [2.24, 2.45) is 0 Å². The molecule has 0 unspecified atom stereocenters. The third kappa shape index (κ3) is 6.18. The molecular formula is C44H30IrN6-4. The molecule has 0 aliphatic carbocycles. The van der Waals surface area contributed by atoms with E-state index in [-0.39, 0.29) is 20.1 Å². The van der Waals surface area contributed by atoms with E-state index in [0.717, 1.165) is 45.4 Å². The van der Waals surface area contributed by atoms with Gasteiger partial charge in [0.1, 0.15) is 11.6 Å². The Morgan fingerprint density at radius 1 is 0.412 bits per heavy atom. The molecule has 249 valence electrons. The molecule has 8 aromatic rings. The van der Waals surface area contributed by atoms with Gasteiger partial charge in [-0.1, -0.05) is 72.8 Å². The van der Waals surface area contributed by atoms with E-state index in [1.165, 1.54) is 22.1 Å². The summed E-state index contributed by atoms with van der Waals surface area (Å²) in [5.41, 5.74) is 8.29. The molecule has 6 nitrogen and oxygen atoms in total. The van der Waals surface area contributed by atoms with Crippen molar-refractivity contribution in [1.29, 1.82) is 0 Å². The fourth-order valence-corrected chi connectivity index (χ4v) is 6.38. The van der Waals surface area contributed by atoms with Gasteiger partial charge in [-0.2, -0.15) is 60.7 Å². The van der Waals surface area contributed by atoms with Crippen molar-refractivity contribution in [1.82, 2.24) is 9.97 Å². The summed E-state index contributed by atoms with van der Waals surface area (Å²) >= 11 is 0. The van der Waals surface area contributed by atoms with Crippen LogP contribution < -0.4 is 19.6 Å². The Kier molecular flexibility index (Phi) is 8.89. The molecule has 0 atom stereocenters. The molecule has 3 heterocycles. The van der Waals surface area contributed by atoms with Crippen LogP contribution in [0, 0.1) is 25.5 Å². The van der Waals surface area contributed by atoms with Crippen LogP contribution in [0.1, 0.15) is 0 Å². The first-order valence-corrected chi connectivity index (χ1v) is 16.5. The second-order valence-electron chi connectivity index (χ2n) is 11.9. The Morgan fingerprint density at radius 2 is 0.843 bits per heavy atom. The summed E-state index contributed by atoms with van der Waals surface area (Å²) in [4.78, 5) is 18.3. The minimum atomic E-state index is 0. The quantitative estimate of drug-likeness (QED) is 0.165. The van der Waals surface area contributed by atoms with Gasteiger partial charge in [-0.25, -0.2) is 9.97 Å². The van der Waals surface area contributed by atoms with Crippen LogP contribution >= 0.6 is 0 Å². The number of rotatable bonds is 4. The second kappa shape index (κ2) is 14.1. The minimum absolute atomic E-state index is 0. The number of hydrogen-bond donors (Lipinski definition) is 0. The largest absolute Gasteiger partial charge is 0.493 e. The number of fused-ring (bicyclic) bond motifs is 4. The molecule has 1 aromatic heterocycles. The van der Waals surface area contributed by atoms with E-state index in [1.54, 1.807) is 0 Å². The summed E-state index contributed by atoms with van der Waals surface area (Å²) in [5.74, 6) is 1.63. The third-order valence-electron chi connectivity index (χ3n) is 8.79. The normalized spacial score (nSPS) is 13.0. The molecular weight excluding hydrogens is 805 g/mol. The molecule has 51 heavy (non-hydrogen) atoms. The number of benzene rings is 7. The molecule has 10 rings (SSSR count). The van der Waals surface area contributed by atoms with Crippen LogP contribution in [-0.4, -0.2) is 9.97 Å². The zero-order valence-corrected chi connectivity index (χ0v) is 29.7. The number of para-hydroxylation sites is 6. The van der Waals surface area contributed by atoms with Crippen molar-refractivity contribution in [3.63, 3.8) is 0 Å². The molecule has 2 aliphatic rings. The van der Waals surface area contributed by atoms with Crippen molar-refractivity contribution in [2.45, 2.75) is 0 Å². The Bertz CT molecular complexity index is 2070. The Hall–Kier alpha value is -6.01. The smallest absolute Gasteiger partial charge is 0.146 e. The molecule has 0 bridgehead atoms. The molecule has 0 fully saturated rings. The summed E-state index contributed by atoms with van der Waals surface area (Å²) in [5, 5.41) is 2.49. The first kappa shape index (κ1) is 32.2. The fourth-order valence-electron chi connectivity index (χ4n) is 6.38. The Morgan fingerprint density at radius 3 is 1.39 bits per heavy atom. The van der Waals surface area contributed by atoms with Gasteiger partial charge >= 0.3 is 0 Å². The van der Waals surface area contributed by atoms with Gasteiger partial charge in [-0.3, -0.25) is 0 Å². The topological polar surface area (TPSA) is 38.7 Å². The average molecular weight is 835 g/mol. The molecule has 7 heteroatoms. The van der Waals surface area contributed by atoms with Crippen molar-refractivity contribution in [3.8, 4) is 0 Å². The van der Waals surface area contributed by atoms with E-state index in [9.17, 15) is 0 Å². The SMILES string of the molecule is [Ir].[c-]1ccccc1N1[CH-]N(c2ccccc2)c2cc3ccccc3cc21.[c-]1ccccc1N1[CH-]N(c2ccccc2)c2nc3ccccc3nc21. The fraction of sp³-hybridized carbons (Fsp3) is 0. The average Bonchev–Trinajstić information content (AvgIpc) is 3.76. The van der Waals surface area contributed by atoms with Crippen LogP contribution in [0.15, 0.2) is 170 Å². The summed E-state index contributed by atoms with van der Waals surface area (Å²) < 4.78 is 0. The predicted octanol–water partition coefficient (Wildman–Crippen LogP) is 10.9. The standard InChI is InChI=1S/C23H16N2.C21H14N4.Ir/c1-3-11-20(12-4-1)24-17-25(21-13-5-2-6-14-21)23-16-19-10-8-7-9-18(19)15-22(23)24;1-3-9-16(10-4-1)24-15-25(17-11-5-2-6-12-17)21-20(24)22-18-13-7-8-14-19(18)23-21;/h1-13,15-17H;1-11,13-15H;/q2*-2;. The van der Waals surface area contributed by atoms with Gasteiger partial charge in [0.25, 0.3) is 0 Å². The number of aromatic nitrogens is 2. The molecule has 0 saturated carbocycles. The van der Waals surface area contributed by atoms with Crippen molar-refractivity contribution < 1.29 is 20.1 Å². The summed E-state index contributed by atoms with van der Waals surface area (Å²) in [6.07, 6.45) is 0. The van der Waals surface area contributed by atoms with Crippen LogP contribution in [0.2, 0.25) is 0 Å². The summed E-state index contributed by atoms with van der Waals surface area (Å²) in [6, 6.07) is 64.2. The van der Waals surface area contributed by atoms with Crippen LogP contribution in [0.25, 0.3) is 21.8 Å². The first-order chi connectivity index (χ1) is 24.8. The Labute approximate surface area is 311 Å². The van der Waals surface area contributed by atoms with Gasteiger partial charge in [0, 0.05) is 42.9 Å². The van der Waals surface area contributed by atoms with Gasteiger partial charge in [-0.05, 0) is 59.3 Å². The maximum Gasteiger partial charge on any atom is 0.146 e. The van der Waals surface area contributed by atoms with Gasteiger partial charge < -0.3 is 19.6 Å². The molecule has 0 saturated heterocycles. The van der Waals surface area contributed by atoms with E-state index >= 15 is 0 Å². The zero-order chi connectivity index (χ0) is 33.3. The van der Waals surface area contributed by atoms with E-state index in [0.29, 0.717) is 0 Å². The summed E-state index contributed by atoms with van der Waals surface area (Å²) in [7, 11) is 0. The van der Waals surface area contributed by atoms with Gasteiger partial charge in [0.2, 0.25) is 0 Å². The van der Waals surface area contributed by atoms with E-state index in [2.05, 4.69) is 112 Å². The molecule has 0 N–H and O–H groups in total. The second-order valence-corrected chi connectivity index (χ2v) is 11.9. The van der Waals surface area contributed by atoms with E-state index < -0.39 is 0 Å². The zero-order valence-electron chi connectivity index (χ0n) is 27.3. The number of anilines is 8. The van der Waals surface area contributed by atoms with Gasteiger partial charge in [-0.15, -0.1) is 24.7 Å². The van der Waals surface area contributed by atoms with Crippen molar-refractivity contribution in [3.05, 3.63) is 195 Å². The van der Waals surface area contributed by atoms with Gasteiger partial charge in [0.15, 0.2) is 0 Å². The molecule has 7 aromatic carbocycles. The maximum absolute atomic E-state index is 4.87.